The third-order valence-corrected chi connectivity index (χ3v) is 54.9. The van der Waals surface area contributed by atoms with Crippen molar-refractivity contribution in [2.24, 2.45) is 116 Å². The molecule has 11 saturated carbocycles. The number of Topliss-reactive ketones (excluding diaryl/α,β-unsaturated/α-hetero) is 2. The van der Waals surface area contributed by atoms with E-state index in [0.717, 1.165) is 124 Å². The molecule has 0 aromatic rings. The average Bonchev–Trinajstić information content (AvgIpc) is 1.62. The second-order valence-corrected chi connectivity index (χ2v) is 67.6. The van der Waals surface area contributed by atoms with Gasteiger partial charge in [-0.25, -0.2) is 0 Å². The maximum atomic E-state index is 12.4. The molecule has 0 saturated heterocycles. The van der Waals surface area contributed by atoms with Gasteiger partial charge in [-0.1, -0.05) is 281 Å². The van der Waals surface area contributed by atoms with Gasteiger partial charge in [0.25, 0.3) is 0 Å². The van der Waals surface area contributed by atoms with Crippen LogP contribution in [0.2, 0.25) is 54.4 Å². The van der Waals surface area contributed by atoms with Crippen molar-refractivity contribution in [1.29, 1.82) is 0 Å². The van der Waals surface area contributed by atoms with E-state index in [-0.39, 0.29) is 53.1 Å². The zero-order valence-electron chi connectivity index (χ0n) is 96.1. The summed E-state index contributed by atoms with van der Waals surface area (Å²) in [6.45, 7) is 78.9. The van der Waals surface area contributed by atoms with E-state index in [1.165, 1.54) is 239 Å². The Balaban J connectivity index is 0.000000354. The van der Waals surface area contributed by atoms with E-state index in [4.69, 9.17) is 19.9 Å². The van der Waals surface area contributed by atoms with Gasteiger partial charge in [0.1, 0.15) is 11.6 Å². The van der Waals surface area contributed by atoms with E-state index < -0.39 is 35.2 Å². The molecule has 11 rings (SSSR count). The number of hydrogen-bond acceptors (Lipinski definition) is 8. The molecule has 6 unspecified atom stereocenters. The summed E-state index contributed by atoms with van der Waals surface area (Å²) in [7, 11) is -4.27. The van der Waals surface area contributed by atoms with Gasteiger partial charge in [0.05, 0.1) is 34.6 Å². The van der Waals surface area contributed by atoms with Crippen molar-refractivity contribution >= 4 is 46.7 Å². The molecule has 0 aromatic heterocycles. The zero-order chi connectivity index (χ0) is 102. The number of halogens is 1. The van der Waals surface area contributed by atoms with E-state index in [1.807, 2.05) is 27.7 Å². The maximum absolute atomic E-state index is 12.4. The van der Waals surface area contributed by atoms with Crippen molar-refractivity contribution in [3.63, 3.8) is 0 Å². The number of fused-ring (bicyclic) bond motifs is 4. The molecule has 786 valence electrons. The van der Waals surface area contributed by atoms with Crippen LogP contribution in [0.1, 0.15) is 484 Å². The monoisotopic (exact) mass is 1960 g/mol. The summed E-state index contributed by atoms with van der Waals surface area (Å²) in [5, 5.41) is 39.8. The molecule has 0 aromatic carbocycles. The smallest absolute Gasteiger partial charge is 0.412 e. The normalized spacial score (nSPS) is 31.9. The second-order valence-electron chi connectivity index (χ2n) is 51.4. The van der Waals surface area contributed by atoms with Crippen molar-refractivity contribution in [2.45, 2.75) is 573 Å². The van der Waals surface area contributed by atoms with Crippen molar-refractivity contribution in [3.8, 4) is 0 Å². The molecule has 0 spiro atoms. The quantitative estimate of drug-likeness (QED) is 0.0211. The summed E-state index contributed by atoms with van der Waals surface area (Å²) in [4.78, 5) is 24.6. The Morgan fingerprint density at radius 1 is 0.434 bits per heavy atom. The number of carbonyl (C=O) groups excluding carboxylic acids is 2. The Morgan fingerprint density at radius 2 is 0.721 bits per heavy atom. The number of unbranched alkanes of at least 4 members (excludes halogenated alkanes) is 1. The molecule has 0 aliphatic heterocycles. The van der Waals surface area contributed by atoms with Crippen LogP contribution >= 0.6 is 11.1 Å². The van der Waals surface area contributed by atoms with Gasteiger partial charge in [0.15, 0.2) is 24.0 Å². The van der Waals surface area contributed by atoms with Crippen LogP contribution in [-0.2, 0) is 18.4 Å². The first-order valence-electron chi connectivity index (χ1n) is 58.0. The van der Waals surface area contributed by atoms with Crippen LogP contribution in [0.3, 0.4) is 0 Å². The first-order chi connectivity index (χ1) is 63.2. The summed E-state index contributed by atoms with van der Waals surface area (Å²) in [6.07, 6.45) is 60.6. The van der Waals surface area contributed by atoms with Crippen LogP contribution in [0.15, 0.2) is 70.4 Å². The molecule has 11 aliphatic rings. The molecular weight excluding hydrogens is 1730 g/mol. The standard InChI is InChI=1S/C34H62OSi.C26H44O3.C24H46O2Si.C18H32O2.C11H18.C6H15ClSi.C4H9.Li/c1-10-36(11-2,12-3)35-33(7,8)21-13-15-28(6)31-19-20-32-30(16-14-22-34(31,32)9)18-17-29-24-26(4)23-27(5)25-29;1-18(7-5-13-25(2,3)29)23-11-12-24-20(8-6-14-26(23,24)4)10-9-19-15-21(27)17-22(28)16-19;1-8-27(9-2,10-3)26-23(5,6)17-11-13-19(4)20-15-16-21-22(25)14-12-18-24(20,21)7;1-13(7-5-11-17(2,3)20)14-9-10-15-16(19)8-6-12-18(14,15)4;1-5-11-6-8(2)10(4)9(3)7-11;1-4-8(7,5-2)6-3;1-3-4-2;/h17-18,26-28,31-32H,10-16,19-25H2,1-9H3;9-10,18,21-24,27-29H,5-8,11-17H2,1-4H3;19-21H,8-18H2,1-7H3;13-15,20H,5-12H2,1-4H3;5,8-9H,4,6-7H2,1-3H3;4-6H2,1-3H3;1,3-4H2,2H3;/q;;;;;;-1;+1/b30-18+;20-10+;;;;;;/t26-,27-,28-,31?,32?,34+;18-,21+,22+,23?,24?,26+;19-,20?,21-,24+;13-,14?,15-,18+;8-,9-;;;/m00001.../s1. The number of carbonyl (C=O) groups is 2. The van der Waals surface area contributed by atoms with Crippen LogP contribution in [0.4, 0.5) is 0 Å². The first kappa shape index (κ1) is 127. The van der Waals surface area contributed by atoms with Gasteiger partial charge in [-0.2, -0.15) is 17.5 Å². The molecule has 0 amide bonds. The fraction of sp³-hybridized carbons (Fsp3) is 0.878. The molecule has 0 bridgehead atoms. The predicted octanol–water partition coefficient (Wildman–Crippen LogP) is 33.8. The first-order valence-corrected chi connectivity index (χ1v) is 66.7. The number of allylic oxidation sites excluding steroid dienone is 10. The van der Waals surface area contributed by atoms with E-state index in [9.17, 15) is 30.0 Å². The van der Waals surface area contributed by atoms with E-state index in [0.29, 0.717) is 89.0 Å². The number of ketones is 2. The van der Waals surface area contributed by atoms with Crippen LogP contribution in [-0.4, -0.2) is 90.6 Å². The third kappa shape index (κ3) is 38.0. The zero-order valence-corrected chi connectivity index (χ0v) is 99.8. The molecule has 11 fully saturated rings. The van der Waals surface area contributed by atoms with E-state index >= 15 is 0 Å². The van der Waals surface area contributed by atoms with Crippen molar-refractivity contribution in [2.75, 3.05) is 0 Å². The van der Waals surface area contributed by atoms with Crippen LogP contribution in [0.5, 0.6) is 0 Å². The molecule has 136 heavy (non-hydrogen) atoms. The Bertz CT molecular complexity index is 3550. The largest absolute Gasteiger partial charge is 1.00 e. The molecule has 0 heterocycles. The van der Waals surface area contributed by atoms with Crippen LogP contribution in [0, 0.1) is 123 Å². The molecule has 13 heteroatoms. The third-order valence-electron chi connectivity index (χ3n) is 39.0. The second kappa shape index (κ2) is 58.7. The molecule has 0 radical (unpaired) electrons. The number of hydrogen-bond donors (Lipinski definition) is 4. The molecular formula is C123H226ClLiO8Si3. The Kier molecular flexibility index (Phi) is 55.0. The summed E-state index contributed by atoms with van der Waals surface area (Å²) in [5.41, 5.74) is 9.82. The van der Waals surface area contributed by atoms with Gasteiger partial charge in [0, 0.05) is 24.7 Å². The minimum Gasteiger partial charge on any atom is -0.412 e. The average molecular weight is 1960 g/mol. The maximum Gasteiger partial charge on any atom is 1.00 e. The van der Waals surface area contributed by atoms with Crippen molar-refractivity contribution < 1.29 is 57.7 Å². The van der Waals surface area contributed by atoms with Gasteiger partial charge in [-0.15, -0.1) is 0 Å². The Labute approximate surface area is 865 Å². The fourth-order valence-corrected chi connectivity index (χ4v) is 37.9. The number of rotatable bonds is 36. The van der Waals surface area contributed by atoms with Gasteiger partial charge in [-0.3, -0.25) is 9.59 Å². The van der Waals surface area contributed by atoms with Gasteiger partial charge >= 0.3 is 18.9 Å². The molecule has 8 nitrogen and oxygen atoms in total. The summed E-state index contributed by atoms with van der Waals surface area (Å²) in [6, 6.07) is 11.1. The Morgan fingerprint density at radius 3 is 1.00 bits per heavy atom. The van der Waals surface area contributed by atoms with Crippen molar-refractivity contribution in [1.82, 2.24) is 0 Å². The van der Waals surface area contributed by atoms with E-state index in [1.54, 1.807) is 22.3 Å². The van der Waals surface area contributed by atoms with Gasteiger partial charge < -0.3 is 36.2 Å². The van der Waals surface area contributed by atoms with E-state index in [2.05, 4.69) is 231 Å². The predicted molar refractivity (Wildman–Crippen MR) is 596 cm³/mol. The minimum atomic E-state index is -1.54. The number of aliphatic hydroxyl groups excluding tert-OH is 2. The summed E-state index contributed by atoms with van der Waals surface area (Å²) >= 11 is 6.23. The SMILES string of the molecule is C=C1[C@H](C)CC(=CC)C[C@H]1C.CC[Si](CC)(CC)OC(C)(C)CCC[C@H](C)C1CCC2/C(=C/C=C3C[C@@H](C)C[C@H](C)C3)CCC[C@@]21C.CC[Si](CC)(CC)OC(C)(C)CCC[C@H](C)C1CC[C@H]2C(=O)CCC[C@]12C.CC[Si](Cl)(CC)CC.C[C@@H](CCCC(C)(C)O)C1CCC2/C(=C/C=C3C[C@@H](O)C[C@H](O)C3)CCC[C@@]21C.C[C@@H](CCCC(C)(C)O)C1CC[C@H]2C(=O)CCC[C@]12C.[CH2-]CCC.[Li+]. The van der Waals surface area contributed by atoms with Crippen LogP contribution in [0.25, 0.3) is 0 Å². The van der Waals surface area contributed by atoms with Gasteiger partial charge in [0.2, 0.25) is 0 Å². The Hall–Kier alpha value is -0.922. The summed E-state index contributed by atoms with van der Waals surface area (Å²) in [5.74, 6) is 12.5. The topological polar surface area (TPSA) is 134 Å². The minimum absolute atomic E-state index is 0. The molecule has 4 N–H and O–H groups in total. The van der Waals surface area contributed by atoms with Gasteiger partial charge in [-0.05, 0) is 414 Å². The van der Waals surface area contributed by atoms with Crippen LogP contribution < -0.4 is 18.9 Å². The van der Waals surface area contributed by atoms with Crippen molar-refractivity contribution in [3.05, 3.63) is 77.3 Å². The molecule has 22 atom stereocenters. The summed E-state index contributed by atoms with van der Waals surface area (Å²) < 4.78 is 13.7. The molecule has 11 aliphatic carbocycles. The number of aliphatic hydroxyl groups is 4. The fourth-order valence-electron chi connectivity index (χ4n) is 30.0.